The van der Waals surface area contributed by atoms with Crippen molar-refractivity contribution in [1.29, 1.82) is 0 Å². The Bertz CT molecular complexity index is 148. The van der Waals surface area contributed by atoms with E-state index < -0.39 is 0 Å². The van der Waals surface area contributed by atoms with E-state index in [1.54, 1.807) is 0 Å². The molecule has 1 aromatic carbocycles. The molecule has 0 saturated heterocycles. The molecular weight excluding hydrogens is 123 g/mol. The summed E-state index contributed by atoms with van der Waals surface area (Å²) in [5.74, 6) is 0. The Balaban J connectivity index is 0.000000640. The molecule has 1 aromatic rings. The van der Waals surface area contributed by atoms with Gasteiger partial charge in [-0.25, -0.2) is 0 Å². The zero-order chi connectivity index (χ0) is 5.98. The molecule has 0 aliphatic heterocycles. The van der Waals surface area contributed by atoms with Crippen LogP contribution in [-0.2, 0) is 0 Å². The van der Waals surface area contributed by atoms with Crippen molar-refractivity contribution < 1.29 is 0 Å². The van der Waals surface area contributed by atoms with Gasteiger partial charge in [0.1, 0.15) is 0 Å². The SMILES string of the molecule is Cc1ccc(S)cc1.[LiH]. The normalized spacial score (nSPS) is 8.22. The Morgan fingerprint density at radius 2 is 1.56 bits per heavy atom. The van der Waals surface area contributed by atoms with Crippen LogP contribution >= 0.6 is 12.6 Å². The van der Waals surface area contributed by atoms with Crippen LogP contribution in [0.3, 0.4) is 0 Å². The quantitative estimate of drug-likeness (QED) is 0.402. The van der Waals surface area contributed by atoms with E-state index in [1.165, 1.54) is 5.56 Å². The molecule has 0 aliphatic carbocycles. The third-order valence-electron chi connectivity index (χ3n) is 1.03. The Hall–Kier alpha value is 0.167. The van der Waals surface area contributed by atoms with Crippen LogP contribution in [-0.4, -0.2) is 18.9 Å². The van der Waals surface area contributed by atoms with Gasteiger partial charge in [-0.3, -0.25) is 0 Å². The topological polar surface area (TPSA) is 0 Å². The molecule has 9 heavy (non-hydrogen) atoms. The molecule has 0 atom stereocenters. The van der Waals surface area contributed by atoms with E-state index in [9.17, 15) is 0 Å². The molecule has 0 amide bonds. The summed E-state index contributed by atoms with van der Waals surface area (Å²) in [5.41, 5.74) is 1.28. The van der Waals surface area contributed by atoms with E-state index in [-0.39, 0.29) is 18.9 Å². The second-order valence-electron chi connectivity index (χ2n) is 1.84. The van der Waals surface area contributed by atoms with E-state index >= 15 is 0 Å². The summed E-state index contributed by atoms with van der Waals surface area (Å²) in [6, 6.07) is 8.06. The molecule has 1 rings (SSSR count). The molecule has 0 aliphatic rings. The van der Waals surface area contributed by atoms with Gasteiger partial charge in [0.05, 0.1) is 0 Å². The standard InChI is InChI=1S/C7H8S.Li.H/c1-6-2-4-7(8)5-3-6;;/h2-5,8H,1H3;;. The molecule has 0 aromatic heterocycles. The van der Waals surface area contributed by atoms with Gasteiger partial charge in [-0.15, -0.1) is 12.6 Å². The first-order valence-corrected chi connectivity index (χ1v) is 2.99. The number of hydrogen-bond acceptors (Lipinski definition) is 1. The van der Waals surface area contributed by atoms with E-state index in [0.717, 1.165) is 4.90 Å². The number of rotatable bonds is 0. The molecule has 0 radical (unpaired) electrons. The second kappa shape index (κ2) is 4.06. The summed E-state index contributed by atoms with van der Waals surface area (Å²) < 4.78 is 0. The molecule has 0 spiro atoms. The average Bonchev–Trinajstić information content (AvgIpc) is 1.77. The third kappa shape index (κ3) is 3.01. The van der Waals surface area contributed by atoms with Crippen LogP contribution in [0.4, 0.5) is 0 Å². The predicted octanol–water partition coefficient (Wildman–Crippen LogP) is 1.64. The molecule has 0 fully saturated rings. The predicted molar refractivity (Wildman–Crippen MR) is 45.6 cm³/mol. The molecule has 0 heterocycles. The number of benzene rings is 1. The van der Waals surface area contributed by atoms with Crippen LogP contribution in [0.1, 0.15) is 5.56 Å². The fourth-order valence-corrected chi connectivity index (χ4v) is 0.694. The summed E-state index contributed by atoms with van der Waals surface area (Å²) in [6.45, 7) is 2.06. The summed E-state index contributed by atoms with van der Waals surface area (Å²) in [5, 5.41) is 0. The molecule has 0 unspecified atom stereocenters. The number of thiol groups is 1. The first-order valence-electron chi connectivity index (χ1n) is 2.54. The summed E-state index contributed by atoms with van der Waals surface area (Å²) in [6.07, 6.45) is 0. The van der Waals surface area contributed by atoms with Gasteiger partial charge in [0, 0.05) is 4.90 Å². The molecule has 44 valence electrons. The van der Waals surface area contributed by atoms with Crippen LogP contribution in [0.25, 0.3) is 0 Å². The van der Waals surface area contributed by atoms with E-state index in [2.05, 4.69) is 19.6 Å². The van der Waals surface area contributed by atoms with Crippen molar-refractivity contribution >= 4 is 31.5 Å². The Morgan fingerprint density at radius 1 is 1.11 bits per heavy atom. The van der Waals surface area contributed by atoms with Gasteiger partial charge in [-0.1, -0.05) is 17.7 Å². The fourth-order valence-electron chi connectivity index (χ4n) is 0.545. The Morgan fingerprint density at radius 3 is 1.89 bits per heavy atom. The van der Waals surface area contributed by atoms with Crippen molar-refractivity contribution in [2.45, 2.75) is 11.8 Å². The van der Waals surface area contributed by atoms with E-state index in [4.69, 9.17) is 0 Å². The van der Waals surface area contributed by atoms with Crippen molar-refractivity contribution in [2.24, 2.45) is 0 Å². The van der Waals surface area contributed by atoms with Crippen molar-refractivity contribution in [3.8, 4) is 0 Å². The van der Waals surface area contributed by atoms with Crippen molar-refractivity contribution in [2.75, 3.05) is 0 Å². The average molecular weight is 132 g/mol. The van der Waals surface area contributed by atoms with Gasteiger partial charge < -0.3 is 0 Å². The minimum atomic E-state index is 0. The van der Waals surface area contributed by atoms with Gasteiger partial charge in [0.2, 0.25) is 0 Å². The van der Waals surface area contributed by atoms with Crippen LogP contribution in [0, 0.1) is 6.92 Å². The van der Waals surface area contributed by atoms with Gasteiger partial charge in [-0.2, -0.15) is 0 Å². The molecule has 0 N–H and O–H groups in total. The molecule has 0 nitrogen and oxygen atoms in total. The summed E-state index contributed by atoms with van der Waals surface area (Å²) in [4.78, 5) is 1.02. The summed E-state index contributed by atoms with van der Waals surface area (Å²) in [7, 11) is 0. The Labute approximate surface area is 73.2 Å². The van der Waals surface area contributed by atoms with Crippen LogP contribution in [0.2, 0.25) is 0 Å². The zero-order valence-electron chi connectivity index (χ0n) is 4.76. The van der Waals surface area contributed by atoms with Gasteiger partial charge >= 0.3 is 18.9 Å². The minimum absolute atomic E-state index is 0. The maximum atomic E-state index is 4.13. The summed E-state index contributed by atoms with van der Waals surface area (Å²) >= 11 is 4.13. The molecular formula is C7H9LiS. The number of aryl methyl sites for hydroxylation is 1. The van der Waals surface area contributed by atoms with Crippen molar-refractivity contribution in [1.82, 2.24) is 0 Å². The first kappa shape index (κ1) is 9.17. The van der Waals surface area contributed by atoms with Crippen molar-refractivity contribution in [3.63, 3.8) is 0 Å². The van der Waals surface area contributed by atoms with Gasteiger partial charge in [0.15, 0.2) is 0 Å². The van der Waals surface area contributed by atoms with Crippen LogP contribution in [0.5, 0.6) is 0 Å². The molecule has 2 heteroatoms. The third-order valence-corrected chi connectivity index (χ3v) is 1.33. The zero-order valence-corrected chi connectivity index (χ0v) is 5.65. The Kier molecular flexibility index (Phi) is 4.13. The first-order chi connectivity index (χ1) is 3.79. The molecule has 0 bridgehead atoms. The van der Waals surface area contributed by atoms with Crippen LogP contribution in [0.15, 0.2) is 29.2 Å². The second-order valence-corrected chi connectivity index (χ2v) is 2.35. The monoisotopic (exact) mass is 132 g/mol. The van der Waals surface area contributed by atoms with Crippen molar-refractivity contribution in [3.05, 3.63) is 29.8 Å². The van der Waals surface area contributed by atoms with Gasteiger partial charge in [-0.05, 0) is 19.1 Å². The number of hydrogen-bond donors (Lipinski definition) is 1. The maximum absolute atomic E-state index is 4.13. The molecule has 0 saturated carbocycles. The van der Waals surface area contributed by atoms with Crippen LogP contribution < -0.4 is 0 Å². The van der Waals surface area contributed by atoms with E-state index in [0.29, 0.717) is 0 Å². The van der Waals surface area contributed by atoms with E-state index in [1.807, 2.05) is 24.3 Å². The van der Waals surface area contributed by atoms with Gasteiger partial charge in [0.25, 0.3) is 0 Å². The fraction of sp³-hybridized carbons (Fsp3) is 0.143.